The molecule has 0 aliphatic rings. The lowest BCUT2D eigenvalue weighted by atomic mass is 10.3. The van der Waals surface area contributed by atoms with Gasteiger partial charge in [-0.1, -0.05) is 29.8 Å². The van der Waals surface area contributed by atoms with Crippen molar-refractivity contribution in [1.82, 2.24) is 5.32 Å². The first-order valence-corrected chi connectivity index (χ1v) is 12.2. The van der Waals surface area contributed by atoms with E-state index in [-0.39, 0.29) is 18.0 Å². The van der Waals surface area contributed by atoms with E-state index >= 15 is 0 Å². The van der Waals surface area contributed by atoms with Crippen LogP contribution in [0.2, 0.25) is 5.02 Å². The maximum atomic E-state index is 13.4. The Morgan fingerprint density at radius 2 is 1.55 bits per heavy atom. The Labute approximate surface area is 198 Å². The van der Waals surface area contributed by atoms with E-state index in [1.807, 2.05) is 37.3 Å². The largest absolute Gasteiger partial charge is 0.494 e. The molecule has 174 valence electrons. The molecule has 0 radical (unpaired) electrons. The molecule has 0 bridgehead atoms. The molecule has 0 fully saturated rings. The summed E-state index contributed by atoms with van der Waals surface area (Å²) in [5.74, 6) is 0.832. The quantitative estimate of drug-likeness (QED) is 0.410. The molecule has 1 N–H and O–H groups in total. The molecule has 3 aromatic carbocycles. The van der Waals surface area contributed by atoms with Crippen LogP contribution in [0.25, 0.3) is 0 Å². The number of carbonyl (C=O) groups excluding carboxylic acids is 1. The van der Waals surface area contributed by atoms with Gasteiger partial charge in [0.15, 0.2) is 0 Å². The molecule has 33 heavy (non-hydrogen) atoms. The number of nitrogens with one attached hydrogen (secondary N) is 1. The van der Waals surface area contributed by atoms with E-state index in [1.165, 1.54) is 24.3 Å². The fraction of sp³-hybridized carbons (Fsp3) is 0.208. The predicted molar refractivity (Wildman–Crippen MR) is 129 cm³/mol. The predicted octanol–water partition coefficient (Wildman–Crippen LogP) is 4.13. The second kappa shape index (κ2) is 11.6. The fourth-order valence-corrected chi connectivity index (χ4v) is 4.53. The van der Waals surface area contributed by atoms with Crippen LogP contribution in [-0.4, -0.2) is 40.6 Å². The Morgan fingerprint density at radius 1 is 0.909 bits per heavy atom. The summed E-state index contributed by atoms with van der Waals surface area (Å²) >= 11 is 5.91. The van der Waals surface area contributed by atoms with E-state index in [0.29, 0.717) is 28.8 Å². The lowest BCUT2D eigenvalue weighted by molar-refractivity contribution is -0.119. The molecule has 0 saturated heterocycles. The third-order valence-electron chi connectivity index (χ3n) is 4.56. The number of ether oxygens (including phenoxy) is 2. The van der Waals surface area contributed by atoms with E-state index in [1.54, 1.807) is 24.3 Å². The molecule has 3 rings (SSSR count). The maximum absolute atomic E-state index is 13.4. The highest BCUT2D eigenvalue weighted by Crippen LogP contribution is 2.26. The first-order valence-electron chi connectivity index (χ1n) is 10.4. The van der Waals surface area contributed by atoms with Crippen LogP contribution >= 0.6 is 11.6 Å². The molecule has 0 aliphatic heterocycles. The molecule has 3 aromatic rings. The van der Waals surface area contributed by atoms with Crippen molar-refractivity contribution in [2.45, 2.75) is 11.8 Å². The first kappa shape index (κ1) is 24.4. The van der Waals surface area contributed by atoms with Gasteiger partial charge >= 0.3 is 0 Å². The number of benzene rings is 3. The molecule has 0 aliphatic carbocycles. The van der Waals surface area contributed by atoms with E-state index in [0.717, 1.165) is 4.31 Å². The number of para-hydroxylation sites is 1. The van der Waals surface area contributed by atoms with Gasteiger partial charge in [0.05, 0.1) is 23.7 Å². The number of anilines is 1. The molecule has 0 spiro atoms. The van der Waals surface area contributed by atoms with Crippen molar-refractivity contribution in [1.29, 1.82) is 0 Å². The summed E-state index contributed by atoms with van der Waals surface area (Å²) in [6.07, 6.45) is 0. The topological polar surface area (TPSA) is 84.9 Å². The van der Waals surface area contributed by atoms with E-state index in [4.69, 9.17) is 21.1 Å². The van der Waals surface area contributed by atoms with Crippen molar-refractivity contribution in [2.75, 3.05) is 30.6 Å². The molecule has 0 atom stereocenters. The van der Waals surface area contributed by atoms with Crippen LogP contribution in [-0.2, 0) is 14.8 Å². The van der Waals surface area contributed by atoms with Gasteiger partial charge in [-0.25, -0.2) is 8.42 Å². The summed E-state index contributed by atoms with van der Waals surface area (Å²) in [6, 6.07) is 21.5. The number of rotatable bonds is 11. The molecule has 0 unspecified atom stereocenters. The Bertz CT molecular complexity index is 1140. The molecule has 0 heterocycles. The normalized spacial score (nSPS) is 11.0. The van der Waals surface area contributed by atoms with Crippen LogP contribution < -0.4 is 19.1 Å². The lowest BCUT2D eigenvalue weighted by Gasteiger charge is -2.24. The average Bonchev–Trinajstić information content (AvgIpc) is 2.82. The van der Waals surface area contributed by atoms with E-state index < -0.39 is 22.5 Å². The van der Waals surface area contributed by atoms with E-state index in [9.17, 15) is 13.2 Å². The molecular weight excluding hydrogens is 464 g/mol. The summed E-state index contributed by atoms with van der Waals surface area (Å²) < 4.78 is 38.7. The summed E-state index contributed by atoms with van der Waals surface area (Å²) in [6.45, 7) is 2.43. The lowest BCUT2D eigenvalue weighted by Crippen LogP contribution is -2.41. The van der Waals surface area contributed by atoms with Gasteiger partial charge < -0.3 is 14.8 Å². The van der Waals surface area contributed by atoms with Crippen LogP contribution in [0.5, 0.6) is 11.5 Å². The molecular formula is C24H25ClN2O5S. The third kappa shape index (κ3) is 6.87. The summed E-state index contributed by atoms with van der Waals surface area (Å²) in [4.78, 5) is 12.6. The van der Waals surface area contributed by atoms with Gasteiger partial charge in [-0.05, 0) is 67.6 Å². The van der Waals surface area contributed by atoms with Crippen molar-refractivity contribution in [2.24, 2.45) is 0 Å². The number of hydrogen-bond acceptors (Lipinski definition) is 5. The van der Waals surface area contributed by atoms with Crippen molar-refractivity contribution >= 4 is 33.2 Å². The zero-order valence-electron chi connectivity index (χ0n) is 18.1. The summed E-state index contributed by atoms with van der Waals surface area (Å²) in [5.41, 5.74) is 0.337. The van der Waals surface area contributed by atoms with Crippen LogP contribution in [0.15, 0.2) is 83.8 Å². The number of halogens is 1. The molecule has 0 saturated carbocycles. The Balaban J connectivity index is 1.73. The summed E-state index contributed by atoms with van der Waals surface area (Å²) in [5, 5.41) is 3.12. The van der Waals surface area contributed by atoms with Gasteiger partial charge in [-0.3, -0.25) is 9.10 Å². The molecule has 1 amide bonds. The van der Waals surface area contributed by atoms with Crippen LogP contribution in [0, 0.1) is 0 Å². The van der Waals surface area contributed by atoms with Gasteiger partial charge in [0.2, 0.25) is 5.91 Å². The highest BCUT2D eigenvalue weighted by atomic mass is 35.5. The number of nitrogens with zero attached hydrogens (tertiary/aromatic N) is 1. The maximum Gasteiger partial charge on any atom is 0.264 e. The van der Waals surface area contributed by atoms with Crippen LogP contribution in [0.3, 0.4) is 0 Å². The second-order valence-electron chi connectivity index (χ2n) is 6.90. The zero-order valence-corrected chi connectivity index (χ0v) is 19.7. The van der Waals surface area contributed by atoms with Crippen molar-refractivity contribution in [3.8, 4) is 11.5 Å². The minimum absolute atomic E-state index is 0.0287. The fourth-order valence-electron chi connectivity index (χ4n) is 2.99. The van der Waals surface area contributed by atoms with Gasteiger partial charge in [0, 0.05) is 5.02 Å². The van der Waals surface area contributed by atoms with Crippen LogP contribution in [0.4, 0.5) is 5.69 Å². The number of hydrogen-bond donors (Lipinski definition) is 1. The monoisotopic (exact) mass is 488 g/mol. The van der Waals surface area contributed by atoms with Crippen molar-refractivity contribution in [3.05, 3.63) is 83.9 Å². The minimum Gasteiger partial charge on any atom is -0.494 e. The smallest absolute Gasteiger partial charge is 0.264 e. The highest BCUT2D eigenvalue weighted by Gasteiger charge is 2.27. The zero-order chi connectivity index (χ0) is 23.7. The minimum atomic E-state index is -4.02. The van der Waals surface area contributed by atoms with Gasteiger partial charge in [-0.2, -0.15) is 0 Å². The second-order valence-corrected chi connectivity index (χ2v) is 9.20. The Kier molecular flexibility index (Phi) is 8.57. The average molecular weight is 489 g/mol. The van der Waals surface area contributed by atoms with Gasteiger partial charge in [-0.15, -0.1) is 0 Å². The van der Waals surface area contributed by atoms with Gasteiger partial charge in [0.1, 0.15) is 24.7 Å². The van der Waals surface area contributed by atoms with Crippen molar-refractivity contribution < 1.29 is 22.7 Å². The summed E-state index contributed by atoms with van der Waals surface area (Å²) in [7, 11) is -4.02. The van der Waals surface area contributed by atoms with Crippen LogP contribution in [0.1, 0.15) is 6.92 Å². The Hall–Kier alpha value is -3.23. The SMILES string of the molecule is CCOc1ccc(N(CC(=O)NCCOc2ccccc2)S(=O)(=O)c2ccc(Cl)cc2)cc1. The van der Waals surface area contributed by atoms with Crippen molar-refractivity contribution in [3.63, 3.8) is 0 Å². The number of amides is 1. The Morgan fingerprint density at radius 3 is 2.18 bits per heavy atom. The third-order valence-corrected chi connectivity index (χ3v) is 6.60. The van der Waals surface area contributed by atoms with Gasteiger partial charge in [0.25, 0.3) is 10.0 Å². The first-order chi connectivity index (χ1) is 15.9. The standard InChI is InChI=1S/C24H25ClN2O5S/c1-2-31-22-12-10-20(11-13-22)27(33(29,30)23-14-8-19(25)9-15-23)18-24(28)26-16-17-32-21-6-4-3-5-7-21/h3-15H,2,16-18H2,1H3,(H,26,28). The number of sulfonamides is 1. The molecule has 0 aromatic heterocycles. The van der Waals surface area contributed by atoms with E-state index in [2.05, 4.69) is 5.32 Å². The highest BCUT2D eigenvalue weighted by molar-refractivity contribution is 7.92. The molecule has 7 nitrogen and oxygen atoms in total. The number of carbonyl (C=O) groups is 1. The molecule has 9 heteroatoms.